The molecule has 0 fully saturated rings. The summed E-state index contributed by atoms with van der Waals surface area (Å²) in [5.74, 6) is -0.0532. The van der Waals surface area contributed by atoms with Crippen LogP contribution < -0.4 is 14.2 Å². The summed E-state index contributed by atoms with van der Waals surface area (Å²) in [7, 11) is -2.50. The van der Waals surface area contributed by atoms with Crippen molar-refractivity contribution < 1.29 is 22.7 Å². The average Bonchev–Trinajstić information content (AvgIpc) is 2.62. The predicted molar refractivity (Wildman–Crippen MR) is 114 cm³/mol. The molecule has 0 saturated heterocycles. The first-order valence-corrected chi connectivity index (χ1v) is 11.0. The molecule has 8 heteroatoms. The zero-order valence-electron chi connectivity index (χ0n) is 17.4. The summed E-state index contributed by atoms with van der Waals surface area (Å²) in [6, 6.07) is 7.32. The lowest BCUT2D eigenvalue weighted by Gasteiger charge is -2.16. The maximum absolute atomic E-state index is 12.8. The van der Waals surface area contributed by atoms with Gasteiger partial charge >= 0.3 is 5.97 Å². The number of aryl methyl sites for hydroxylation is 1. The molecule has 0 aromatic heterocycles. The van der Waals surface area contributed by atoms with Crippen LogP contribution in [0.1, 0.15) is 55.1 Å². The van der Waals surface area contributed by atoms with Gasteiger partial charge in [-0.15, -0.1) is 0 Å². The van der Waals surface area contributed by atoms with Gasteiger partial charge in [-0.1, -0.05) is 25.4 Å². The first-order chi connectivity index (χ1) is 13.5. The molecule has 0 spiro atoms. The van der Waals surface area contributed by atoms with Gasteiger partial charge in [-0.25, -0.2) is 17.9 Å². The zero-order valence-corrected chi connectivity index (χ0v) is 18.9. The molecule has 0 amide bonds. The molecule has 0 aliphatic heterocycles. The fourth-order valence-electron chi connectivity index (χ4n) is 2.76. The minimum atomic E-state index is -3.87. The van der Waals surface area contributed by atoms with Gasteiger partial charge in [-0.2, -0.15) is 0 Å². The first kappa shape index (κ1) is 23.2. The van der Waals surface area contributed by atoms with Gasteiger partial charge < -0.3 is 9.47 Å². The second-order valence-corrected chi connectivity index (χ2v) is 9.41. The topological polar surface area (TPSA) is 81.7 Å². The SMILES string of the molecule is COc1ccc(C(=O)Oc2cc(C)c(Cl)cc2C(C)C)cc1S(=O)(=O)NC(C)C. The molecule has 29 heavy (non-hydrogen) atoms. The minimum Gasteiger partial charge on any atom is -0.495 e. The van der Waals surface area contributed by atoms with Crippen LogP contribution in [-0.2, 0) is 10.0 Å². The Labute approximate surface area is 177 Å². The Morgan fingerprint density at radius 3 is 2.28 bits per heavy atom. The number of esters is 1. The molecular formula is C21H26ClNO5S. The van der Waals surface area contributed by atoms with Gasteiger partial charge in [-0.05, 0) is 68.1 Å². The monoisotopic (exact) mass is 439 g/mol. The van der Waals surface area contributed by atoms with Crippen molar-refractivity contribution in [2.75, 3.05) is 7.11 Å². The number of sulfonamides is 1. The average molecular weight is 440 g/mol. The summed E-state index contributed by atoms with van der Waals surface area (Å²) in [6.45, 7) is 9.16. The van der Waals surface area contributed by atoms with E-state index in [-0.39, 0.29) is 28.2 Å². The summed E-state index contributed by atoms with van der Waals surface area (Å²) in [5, 5.41) is 0.589. The van der Waals surface area contributed by atoms with Crippen molar-refractivity contribution in [3.8, 4) is 11.5 Å². The second kappa shape index (κ2) is 9.15. The number of carbonyl (C=O) groups excluding carboxylic acids is 1. The van der Waals surface area contributed by atoms with E-state index in [1.54, 1.807) is 26.0 Å². The van der Waals surface area contributed by atoms with Crippen molar-refractivity contribution >= 4 is 27.6 Å². The van der Waals surface area contributed by atoms with E-state index in [0.29, 0.717) is 10.8 Å². The van der Waals surface area contributed by atoms with Crippen molar-refractivity contribution in [2.24, 2.45) is 0 Å². The molecular weight excluding hydrogens is 414 g/mol. The van der Waals surface area contributed by atoms with E-state index in [9.17, 15) is 13.2 Å². The molecule has 158 valence electrons. The summed E-state index contributed by atoms with van der Waals surface area (Å²) in [5.41, 5.74) is 1.66. The molecule has 0 atom stereocenters. The maximum Gasteiger partial charge on any atom is 0.343 e. The smallest absolute Gasteiger partial charge is 0.343 e. The lowest BCUT2D eigenvalue weighted by molar-refractivity contribution is 0.0732. The highest BCUT2D eigenvalue weighted by Gasteiger charge is 2.24. The van der Waals surface area contributed by atoms with Gasteiger partial charge in [0.05, 0.1) is 12.7 Å². The zero-order chi connectivity index (χ0) is 21.9. The van der Waals surface area contributed by atoms with Crippen LogP contribution in [0.3, 0.4) is 0 Å². The fourth-order valence-corrected chi connectivity index (χ4v) is 4.37. The molecule has 1 N–H and O–H groups in total. The number of carbonyl (C=O) groups is 1. The number of nitrogens with one attached hydrogen (secondary N) is 1. The van der Waals surface area contributed by atoms with Gasteiger partial charge in [0, 0.05) is 11.1 Å². The van der Waals surface area contributed by atoms with E-state index < -0.39 is 16.0 Å². The molecule has 0 unspecified atom stereocenters. The third kappa shape index (κ3) is 5.50. The predicted octanol–water partition coefficient (Wildman–Crippen LogP) is 4.69. The molecule has 0 aliphatic carbocycles. The molecule has 0 bridgehead atoms. The minimum absolute atomic E-state index is 0.0814. The van der Waals surface area contributed by atoms with E-state index in [1.807, 2.05) is 20.8 Å². The van der Waals surface area contributed by atoms with E-state index in [4.69, 9.17) is 21.1 Å². The van der Waals surface area contributed by atoms with Crippen molar-refractivity contribution in [1.29, 1.82) is 0 Å². The Balaban J connectivity index is 2.45. The van der Waals surface area contributed by atoms with Gasteiger partial charge in [0.15, 0.2) is 0 Å². The Kier molecular flexibility index (Phi) is 7.32. The Bertz CT molecular complexity index is 1020. The third-order valence-corrected chi connectivity index (χ3v) is 6.28. The molecule has 0 radical (unpaired) electrons. The van der Waals surface area contributed by atoms with Crippen LogP contribution in [0.15, 0.2) is 35.2 Å². The van der Waals surface area contributed by atoms with Crippen LogP contribution in [0.5, 0.6) is 11.5 Å². The van der Waals surface area contributed by atoms with Crippen molar-refractivity contribution in [3.63, 3.8) is 0 Å². The Morgan fingerprint density at radius 2 is 1.72 bits per heavy atom. The lowest BCUT2D eigenvalue weighted by atomic mass is 10.0. The number of halogens is 1. The standard InChI is InChI=1S/C21H26ClNO5S/c1-12(2)16-11-17(22)14(5)9-19(16)28-21(24)15-7-8-18(27-6)20(10-15)29(25,26)23-13(3)4/h7-13,23H,1-6H3. The summed E-state index contributed by atoms with van der Waals surface area (Å²) >= 11 is 6.20. The van der Waals surface area contributed by atoms with Crippen LogP contribution in [0.2, 0.25) is 5.02 Å². The number of ether oxygens (including phenoxy) is 2. The third-order valence-electron chi connectivity index (χ3n) is 4.20. The van der Waals surface area contributed by atoms with Crippen LogP contribution in [0.25, 0.3) is 0 Å². The summed E-state index contributed by atoms with van der Waals surface area (Å²) in [6.07, 6.45) is 0. The van der Waals surface area contributed by atoms with Crippen LogP contribution in [0, 0.1) is 6.92 Å². The van der Waals surface area contributed by atoms with Crippen molar-refractivity contribution in [1.82, 2.24) is 4.72 Å². The lowest BCUT2D eigenvalue weighted by Crippen LogP contribution is -2.30. The van der Waals surface area contributed by atoms with Crippen LogP contribution >= 0.6 is 11.6 Å². The second-order valence-electron chi connectivity index (χ2n) is 7.33. The highest BCUT2D eigenvalue weighted by atomic mass is 35.5. The number of rotatable bonds is 7. The highest BCUT2D eigenvalue weighted by Crippen LogP contribution is 2.33. The number of benzene rings is 2. The molecule has 2 aromatic carbocycles. The number of methoxy groups -OCH3 is 1. The molecule has 6 nitrogen and oxygen atoms in total. The Morgan fingerprint density at radius 1 is 1.07 bits per heavy atom. The summed E-state index contributed by atoms with van der Waals surface area (Å²) < 4.78 is 38.5. The first-order valence-electron chi connectivity index (χ1n) is 9.18. The van der Waals surface area contributed by atoms with Crippen LogP contribution in [-0.4, -0.2) is 27.5 Å². The number of hydrogen-bond donors (Lipinski definition) is 1. The normalized spacial score (nSPS) is 11.8. The van der Waals surface area contributed by atoms with Crippen molar-refractivity contribution in [2.45, 2.75) is 51.5 Å². The number of hydrogen-bond acceptors (Lipinski definition) is 5. The van der Waals surface area contributed by atoms with E-state index in [0.717, 1.165) is 11.1 Å². The van der Waals surface area contributed by atoms with Crippen molar-refractivity contribution in [3.05, 3.63) is 52.0 Å². The molecule has 0 heterocycles. The van der Waals surface area contributed by atoms with Gasteiger partial charge in [0.2, 0.25) is 10.0 Å². The molecule has 0 saturated carbocycles. The molecule has 0 aliphatic rings. The van der Waals surface area contributed by atoms with Gasteiger partial charge in [0.25, 0.3) is 0 Å². The van der Waals surface area contributed by atoms with Gasteiger partial charge in [-0.3, -0.25) is 0 Å². The van der Waals surface area contributed by atoms with Crippen LogP contribution in [0.4, 0.5) is 0 Å². The maximum atomic E-state index is 12.8. The Hall–Kier alpha value is -2.09. The van der Waals surface area contributed by atoms with E-state index >= 15 is 0 Å². The molecule has 2 rings (SSSR count). The molecule has 2 aromatic rings. The highest BCUT2D eigenvalue weighted by molar-refractivity contribution is 7.89. The fraction of sp³-hybridized carbons (Fsp3) is 0.381. The largest absolute Gasteiger partial charge is 0.495 e. The summed E-state index contributed by atoms with van der Waals surface area (Å²) in [4.78, 5) is 12.6. The van der Waals surface area contributed by atoms with E-state index in [1.165, 1.54) is 25.3 Å². The van der Waals surface area contributed by atoms with Gasteiger partial charge in [0.1, 0.15) is 16.4 Å². The quantitative estimate of drug-likeness (QED) is 0.500. The van der Waals surface area contributed by atoms with E-state index in [2.05, 4.69) is 4.72 Å².